The van der Waals surface area contributed by atoms with Crippen LogP contribution in [0.25, 0.3) is 0 Å². The van der Waals surface area contributed by atoms with E-state index in [0.29, 0.717) is 12.6 Å². The van der Waals surface area contributed by atoms with Gasteiger partial charge in [0, 0.05) is 37.8 Å². The van der Waals surface area contributed by atoms with Crippen molar-refractivity contribution in [3.05, 3.63) is 39.9 Å². The first-order valence-corrected chi connectivity index (χ1v) is 10.1. The zero-order valence-corrected chi connectivity index (χ0v) is 16.6. The molecule has 0 amide bonds. The Labute approximate surface area is 162 Å². The highest BCUT2D eigenvalue weighted by atomic mass is 16.6. The van der Waals surface area contributed by atoms with Gasteiger partial charge in [0.2, 0.25) is 0 Å². The highest BCUT2D eigenvalue weighted by molar-refractivity contribution is 5.80. The summed E-state index contributed by atoms with van der Waals surface area (Å²) in [5.41, 5.74) is 1.08. The fourth-order valence-corrected chi connectivity index (χ4v) is 3.24. The number of nitro benzene ring substituents is 1. The number of nitrogens with zero attached hydrogens (tertiary/aromatic N) is 3. The molecule has 0 aliphatic carbocycles. The number of nitrogens with one attached hydrogen (secondary N) is 2. The summed E-state index contributed by atoms with van der Waals surface area (Å²) in [6.45, 7) is 9.26. The maximum atomic E-state index is 10.8. The summed E-state index contributed by atoms with van der Waals surface area (Å²) < 4.78 is 0. The van der Waals surface area contributed by atoms with Crippen molar-refractivity contribution in [2.45, 2.75) is 58.5 Å². The van der Waals surface area contributed by atoms with E-state index in [9.17, 15) is 10.1 Å². The molecule has 1 aromatic carbocycles. The molecule has 7 nitrogen and oxygen atoms in total. The summed E-state index contributed by atoms with van der Waals surface area (Å²) in [5, 5.41) is 17.8. The van der Waals surface area contributed by atoms with Gasteiger partial charge in [-0.15, -0.1) is 0 Å². The fourth-order valence-electron chi connectivity index (χ4n) is 3.24. The van der Waals surface area contributed by atoms with E-state index in [1.807, 2.05) is 0 Å². The molecule has 1 saturated heterocycles. The number of unbranched alkanes of at least 4 members (excludes halogenated alkanes) is 1. The summed E-state index contributed by atoms with van der Waals surface area (Å²) in [6.07, 6.45) is 5.71. The molecule has 0 bridgehead atoms. The van der Waals surface area contributed by atoms with Crippen LogP contribution in [0, 0.1) is 10.1 Å². The van der Waals surface area contributed by atoms with E-state index in [1.165, 1.54) is 25.1 Å². The van der Waals surface area contributed by atoms with Crippen molar-refractivity contribution in [2.24, 2.45) is 4.99 Å². The van der Waals surface area contributed by atoms with Crippen molar-refractivity contribution in [1.82, 2.24) is 15.5 Å². The van der Waals surface area contributed by atoms with Gasteiger partial charge in [-0.25, -0.2) is 4.99 Å². The van der Waals surface area contributed by atoms with Crippen molar-refractivity contribution < 1.29 is 4.92 Å². The molecular weight excluding hydrogens is 342 g/mol. The first-order valence-electron chi connectivity index (χ1n) is 10.1. The highest BCUT2D eigenvalue weighted by Gasteiger charge is 2.19. The van der Waals surface area contributed by atoms with Crippen LogP contribution in [0.15, 0.2) is 29.3 Å². The molecule has 0 unspecified atom stereocenters. The second-order valence-corrected chi connectivity index (χ2v) is 7.13. The summed E-state index contributed by atoms with van der Waals surface area (Å²) in [5.74, 6) is 0.843. The fraction of sp³-hybridized carbons (Fsp3) is 0.650. The Morgan fingerprint density at radius 3 is 2.52 bits per heavy atom. The molecule has 0 saturated carbocycles. The molecule has 2 N–H and O–H groups in total. The van der Waals surface area contributed by atoms with Crippen LogP contribution in [0.2, 0.25) is 0 Å². The van der Waals surface area contributed by atoms with Crippen LogP contribution < -0.4 is 10.6 Å². The predicted molar refractivity (Wildman–Crippen MR) is 110 cm³/mol. The molecule has 1 aliphatic heterocycles. The molecule has 150 valence electrons. The van der Waals surface area contributed by atoms with Gasteiger partial charge in [0.1, 0.15) is 0 Å². The molecule has 0 atom stereocenters. The number of guanidine groups is 1. The number of piperidine rings is 1. The topological polar surface area (TPSA) is 82.8 Å². The minimum atomic E-state index is -0.378. The van der Waals surface area contributed by atoms with Crippen LogP contribution in [-0.4, -0.2) is 48.0 Å². The van der Waals surface area contributed by atoms with Crippen LogP contribution >= 0.6 is 0 Å². The van der Waals surface area contributed by atoms with Crippen LogP contribution in [0.1, 0.15) is 51.5 Å². The van der Waals surface area contributed by atoms with Gasteiger partial charge in [-0.1, -0.05) is 32.4 Å². The highest BCUT2D eigenvalue weighted by Crippen LogP contribution is 2.13. The van der Waals surface area contributed by atoms with E-state index in [-0.39, 0.29) is 10.6 Å². The minimum absolute atomic E-state index is 0.112. The second kappa shape index (κ2) is 11.5. The second-order valence-electron chi connectivity index (χ2n) is 7.13. The zero-order chi connectivity index (χ0) is 19.5. The molecular formula is C20H33N5O2. The molecule has 0 radical (unpaired) electrons. The number of hydrogen-bond acceptors (Lipinski definition) is 4. The van der Waals surface area contributed by atoms with E-state index >= 15 is 0 Å². The lowest BCUT2D eigenvalue weighted by atomic mass is 10.1. The van der Waals surface area contributed by atoms with Crippen LogP contribution in [0.5, 0.6) is 0 Å². The SMILES string of the molecule is CCCCNC(=NCc1ccc([N+](=O)[O-])cc1)NC1CCN(CCC)CC1. The first-order chi connectivity index (χ1) is 13.1. The third-order valence-electron chi connectivity index (χ3n) is 4.86. The maximum Gasteiger partial charge on any atom is 0.269 e. The number of benzene rings is 1. The Morgan fingerprint density at radius 2 is 1.93 bits per heavy atom. The van der Waals surface area contributed by atoms with E-state index < -0.39 is 0 Å². The molecule has 1 fully saturated rings. The number of aliphatic imine (C=N–C) groups is 1. The predicted octanol–water partition coefficient (Wildman–Crippen LogP) is 3.30. The zero-order valence-electron chi connectivity index (χ0n) is 16.6. The Morgan fingerprint density at radius 1 is 1.22 bits per heavy atom. The van der Waals surface area contributed by atoms with E-state index in [1.54, 1.807) is 12.1 Å². The van der Waals surface area contributed by atoms with Crippen LogP contribution in [-0.2, 0) is 6.54 Å². The lowest BCUT2D eigenvalue weighted by Crippen LogP contribution is -2.49. The number of rotatable bonds is 9. The average molecular weight is 376 g/mol. The minimum Gasteiger partial charge on any atom is -0.356 e. The Kier molecular flexibility index (Phi) is 9.04. The van der Waals surface area contributed by atoms with Gasteiger partial charge in [-0.05, 0) is 37.8 Å². The van der Waals surface area contributed by atoms with Crippen LogP contribution in [0.4, 0.5) is 5.69 Å². The van der Waals surface area contributed by atoms with E-state index in [4.69, 9.17) is 4.99 Å². The van der Waals surface area contributed by atoms with Gasteiger partial charge in [0.05, 0.1) is 11.5 Å². The standard InChI is InChI=1S/C20H33N5O2/c1-3-5-12-21-20(23-18-10-14-24(13-4-2)15-11-18)22-16-17-6-8-19(9-7-17)25(26)27/h6-9,18H,3-5,10-16H2,1-2H3,(H2,21,22,23). The lowest BCUT2D eigenvalue weighted by molar-refractivity contribution is -0.384. The van der Waals surface area contributed by atoms with Gasteiger partial charge in [0.15, 0.2) is 5.96 Å². The monoisotopic (exact) mass is 375 g/mol. The van der Waals surface area contributed by atoms with Crippen molar-refractivity contribution in [3.63, 3.8) is 0 Å². The van der Waals surface area contributed by atoms with Crippen molar-refractivity contribution >= 4 is 11.6 Å². The van der Waals surface area contributed by atoms with Gasteiger partial charge in [-0.2, -0.15) is 0 Å². The molecule has 1 heterocycles. The number of likely N-dealkylation sites (tertiary alicyclic amines) is 1. The van der Waals surface area contributed by atoms with Gasteiger partial charge in [0.25, 0.3) is 5.69 Å². The van der Waals surface area contributed by atoms with E-state index in [2.05, 4.69) is 29.4 Å². The number of non-ortho nitro benzene ring substituents is 1. The normalized spacial score (nSPS) is 16.3. The van der Waals surface area contributed by atoms with Crippen molar-refractivity contribution in [1.29, 1.82) is 0 Å². The van der Waals surface area contributed by atoms with Crippen molar-refractivity contribution in [2.75, 3.05) is 26.2 Å². The lowest BCUT2D eigenvalue weighted by Gasteiger charge is -2.32. The quantitative estimate of drug-likeness (QED) is 0.227. The van der Waals surface area contributed by atoms with Gasteiger partial charge < -0.3 is 15.5 Å². The number of hydrogen-bond donors (Lipinski definition) is 2. The summed E-state index contributed by atoms with van der Waals surface area (Å²) in [6, 6.07) is 7.06. The molecule has 1 aliphatic rings. The third-order valence-corrected chi connectivity index (χ3v) is 4.86. The maximum absolute atomic E-state index is 10.8. The molecule has 7 heteroatoms. The molecule has 0 spiro atoms. The third kappa shape index (κ3) is 7.54. The average Bonchev–Trinajstić information content (AvgIpc) is 2.68. The summed E-state index contributed by atoms with van der Waals surface area (Å²) in [4.78, 5) is 17.6. The summed E-state index contributed by atoms with van der Waals surface area (Å²) in [7, 11) is 0. The molecule has 0 aromatic heterocycles. The van der Waals surface area contributed by atoms with E-state index in [0.717, 1.165) is 56.8 Å². The smallest absolute Gasteiger partial charge is 0.269 e. The molecule has 2 rings (SSSR count). The van der Waals surface area contributed by atoms with Crippen LogP contribution in [0.3, 0.4) is 0 Å². The first kappa shape index (κ1) is 21.2. The number of nitro groups is 1. The van der Waals surface area contributed by atoms with Gasteiger partial charge >= 0.3 is 0 Å². The largest absolute Gasteiger partial charge is 0.356 e. The van der Waals surface area contributed by atoms with Gasteiger partial charge in [-0.3, -0.25) is 10.1 Å². The van der Waals surface area contributed by atoms with Crippen molar-refractivity contribution in [3.8, 4) is 0 Å². The molecule has 1 aromatic rings. The molecule has 27 heavy (non-hydrogen) atoms. The Balaban J connectivity index is 1.92. The Hall–Kier alpha value is -2.15. The Bertz CT molecular complexity index is 595. The summed E-state index contributed by atoms with van der Waals surface area (Å²) >= 11 is 0.